The predicted molar refractivity (Wildman–Crippen MR) is 52.2 cm³/mol. The van der Waals surface area contributed by atoms with Crippen molar-refractivity contribution in [3.05, 3.63) is 24.2 Å². The van der Waals surface area contributed by atoms with Crippen LogP contribution in [0.5, 0.6) is 0 Å². The van der Waals surface area contributed by atoms with E-state index in [0.717, 1.165) is 0 Å². The highest BCUT2D eigenvalue weighted by molar-refractivity contribution is 5.82. The summed E-state index contributed by atoms with van der Waals surface area (Å²) in [5.41, 5.74) is 0. The molecule has 0 spiro atoms. The van der Waals surface area contributed by atoms with Crippen molar-refractivity contribution in [3.8, 4) is 0 Å². The molecule has 0 unspecified atom stereocenters. The van der Waals surface area contributed by atoms with E-state index >= 15 is 0 Å². The zero-order valence-corrected chi connectivity index (χ0v) is 8.29. The van der Waals surface area contributed by atoms with E-state index in [4.69, 9.17) is 9.15 Å². The van der Waals surface area contributed by atoms with E-state index in [1.165, 1.54) is 0 Å². The number of ketones is 1. The van der Waals surface area contributed by atoms with Gasteiger partial charge in [0.2, 0.25) is 0 Å². The molecule has 0 aliphatic rings. The first-order chi connectivity index (χ1) is 6.83. The second kappa shape index (κ2) is 6.34. The minimum absolute atomic E-state index is 0.121. The molecule has 78 valence electrons. The van der Waals surface area contributed by atoms with Crippen LogP contribution in [-0.2, 0) is 16.0 Å². The summed E-state index contributed by atoms with van der Waals surface area (Å²) in [6.07, 6.45) is 1.92. The third kappa shape index (κ3) is 4.20. The Morgan fingerprint density at radius 2 is 2.50 bits per heavy atom. The molecule has 1 heterocycles. The van der Waals surface area contributed by atoms with Crippen molar-refractivity contribution in [2.24, 2.45) is 0 Å². The molecule has 0 fully saturated rings. The van der Waals surface area contributed by atoms with Crippen molar-refractivity contribution in [1.29, 1.82) is 0 Å². The van der Waals surface area contributed by atoms with E-state index in [1.54, 1.807) is 25.5 Å². The maximum Gasteiger partial charge on any atom is 0.154 e. The molecule has 0 radical (unpaired) electrons. The molecule has 1 aromatic heterocycles. The Hall–Kier alpha value is -1.13. The number of furan rings is 1. The van der Waals surface area contributed by atoms with E-state index in [9.17, 15) is 4.79 Å². The summed E-state index contributed by atoms with van der Waals surface area (Å²) in [6.45, 7) is 1.68. The Balaban J connectivity index is 2.11. The van der Waals surface area contributed by atoms with Gasteiger partial charge in [0.15, 0.2) is 5.78 Å². The second-order valence-corrected chi connectivity index (χ2v) is 2.96. The standard InChI is InChI=1S/C10H15NO3/c1-13-6-4-11-8-9(12)7-10-3-2-5-14-10/h2-3,5,11H,4,6-8H2,1H3. The van der Waals surface area contributed by atoms with Crippen LogP contribution in [0.3, 0.4) is 0 Å². The summed E-state index contributed by atoms with van der Waals surface area (Å²) >= 11 is 0. The van der Waals surface area contributed by atoms with Gasteiger partial charge in [-0.15, -0.1) is 0 Å². The number of ether oxygens (including phenoxy) is 1. The van der Waals surface area contributed by atoms with Gasteiger partial charge in [0, 0.05) is 13.7 Å². The number of carbonyl (C=O) groups is 1. The average molecular weight is 197 g/mol. The summed E-state index contributed by atoms with van der Waals surface area (Å²) in [6, 6.07) is 3.58. The Kier molecular flexibility index (Phi) is 4.96. The zero-order chi connectivity index (χ0) is 10.2. The maximum atomic E-state index is 11.3. The highest BCUT2D eigenvalue weighted by Crippen LogP contribution is 2.00. The van der Waals surface area contributed by atoms with Crippen LogP contribution in [-0.4, -0.2) is 32.6 Å². The molecule has 1 N–H and O–H groups in total. The van der Waals surface area contributed by atoms with Crippen molar-refractivity contribution in [1.82, 2.24) is 5.32 Å². The van der Waals surface area contributed by atoms with Gasteiger partial charge in [0.1, 0.15) is 5.76 Å². The van der Waals surface area contributed by atoms with Gasteiger partial charge in [0.05, 0.1) is 25.8 Å². The van der Waals surface area contributed by atoms with Crippen LogP contribution in [0, 0.1) is 0 Å². The van der Waals surface area contributed by atoms with Gasteiger partial charge in [-0.25, -0.2) is 0 Å². The van der Waals surface area contributed by atoms with E-state index in [1.807, 2.05) is 0 Å². The number of hydrogen-bond acceptors (Lipinski definition) is 4. The topological polar surface area (TPSA) is 51.5 Å². The lowest BCUT2D eigenvalue weighted by Crippen LogP contribution is -2.27. The lowest BCUT2D eigenvalue weighted by Gasteiger charge is -2.01. The number of rotatable bonds is 7. The van der Waals surface area contributed by atoms with Crippen LogP contribution in [0.25, 0.3) is 0 Å². The molecule has 0 aromatic carbocycles. The van der Waals surface area contributed by atoms with Crippen molar-refractivity contribution in [3.63, 3.8) is 0 Å². The minimum Gasteiger partial charge on any atom is -0.469 e. The molecule has 0 saturated heterocycles. The third-order valence-corrected chi connectivity index (χ3v) is 1.76. The van der Waals surface area contributed by atoms with Gasteiger partial charge < -0.3 is 14.5 Å². The molecule has 14 heavy (non-hydrogen) atoms. The van der Waals surface area contributed by atoms with Gasteiger partial charge in [-0.2, -0.15) is 0 Å². The van der Waals surface area contributed by atoms with Gasteiger partial charge in [-0.05, 0) is 12.1 Å². The van der Waals surface area contributed by atoms with Crippen LogP contribution in [0.4, 0.5) is 0 Å². The smallest absolute Gasteiger partial charge is 0.154 e. The lowest BCUT2D eigenvalue weighted by atomic mass is 10.2. The van der Waals surface area contributed by atoms with Crippen LogP contribution < -0.4 is 5.32 Å². The largest absolute Gasteiger partial charge is 0.469 e. The van der Waals surface area contributed by atoms with Crippen molar-refractivity contribution in [2.45, 2.75) is 6.42 Å². The summed E-state index contributed by atoms with van der Waals surface area (Å²) in [5.74, 6) is 0.833. The van der Waals surface area contributed by atoms with Crippen molar-refractivity contribution < 1.29 is 13.9 Å². The fourth-order valence-electron chi connectivity index (χ4n) is 1.07. The van der Waals surface area contributed by atoms with Crippen molar-refractivity contribution >= 4 is 5.78 Å². The number of methoxy groups -OCH3 is 1. The molecule has 0 amide bonds. The predicted octanol–water partition coefficient (Wildman–Crippen LogP) is 0.627. The van der Waals surface area contributed by atoms with E-state index in [0.29, 0.717) is 31.9 Å². The van der Waals surface area contributed by atoms with Crippen LogP contribution in [0.1, 0.15) is 5.76 Å². The molecular formula is C10H15NO3. The van der Waals surface area contributed by atoms with Crippen LogP contribution >= 0.6 is 0 Å². The molecule has 1 rings (SSSR count). The molecule has 0 aliphatic heterocycles. The molecule has 0 bridgehead atoms. The minimum atomic E-state index is 0.121. The number of hydrogen-bond donors (Lipinski definition) is 1. The first kappa shape index (κ1) is 10.9. The Labute approximate surface area is 83.2 Å². The Bertz CT molecular complexity index is 256. The summed E-state index contributed by atoms with van der Waals surface area (Å²) in [5, 5.41) is 2.98. The fourth-order valence-corrected chi connectivity index (χ4v) is 1.07. The van der Waals surface area contributed by atoms with E-state index in [-0.39, 0.29) is 5.78 Å². The van der Waals surface area contributed by atoms with E-state index in [2.05, 4.69) is 5.32 Å². The second-order valence-electron chi connectivity index (χ2n) is 2.96. The molecule has 0 aliphatic carbocycles. The summed E-state index contributed by atoms with van der Waals surface area (Å²) < 4.78 is 9.90. The van der Waals surface area contributed by atoms with E-state index < -0.39 is 0 Å². The average Bonchev–Trinajstić information content (AvgIpc) is 2.65. The number of nitrogens with one attached hydrogen (secondary N) is 1. The van der Waals surface area contributed by atoms with Gasteiger partial charge in [-0.3, -0.25) is 4.79 Å². The monoisotopic (exact) mass is 197 g/mol. The highest BCUT2D eigenvalue weighted by atomic mass is 16.5. The first-order valence-electron chi connectivity index (χ1n) is 4.56. The quantitative estimate of drug-likeness (QED) is 0.651. The summed E-state index contributed by atoms with van der Waals surface area (Å²) in [4.78, 5) is 11.3. The molecule has 0 atom stereocenters. The Morgan fingerprint density at radius 3 is 3.14 bits per heavy atom. The normalized spacial score (nSPS) is 10.4. The molecule has 0 saturated carbocycles. The molecule has 4 nitrogen and oxygen atoms in total. The molecular weight excluding hydrogens is 182 g/mol. The SMILES string of the molecule is COCCNCC(=O)Cc1ccco1. The van der Waals surface area contributed by atoms with Gasteiger partial charge in [0.25, 0.3) is 0 Å². The van der Waals surface area contributed by atoms with Crippen LogP contribution in [0.2, 0.25) is 0 Å². The first-order valence-corrected chi connectivity index (χ1v) is 4.56. The highest BCUT2D eigenvalue weighted by Gasteiger charge is 2.04. The zero-order valence-electron chi connectivity index (χ0n) is 8.29. The summed E-state index contributed by atoms with van der Waals surface area (Å²) in [7, 11) is 1.63. The molecule has 1 aromatic rings. The molecule has 4 heteroatoms. The third-order valence-electron chi connectivity index (χ3n) is 1.76. The number of carbonyl (C=O) groups excluding carboxylic acids is 1. The Morgan fingerprint density at radius 1 is 1.64 bits per heavy atom. The number of Topliss-reactive ketones (excluding diaryl/α,β-unsaturated/α-hetero) is 1. The van der Waals surface area contributed by atoms with Crippen molar-refractivity contribution in [2.75, 3.05) is 26.8 Å². The van der Waals surface area contributed by atoms with Gasteiger partial charge in [-0.1, -0.05) is 0 Å². The lowest BCUT2D eigenvalue weighted by molar-refractivity contribution is -0.117. The van der Waals surface area contributed by atoms with Gasteiger partial charge >= 0.3 is 0 Å². The fraction of sp³-hybridized carbons (Fsp3) is 0.500. The maximum absolute atomic E-state index is 11.3. The van der Waals surface area contributed by atoms with Crippen LogP contribution in [0.15, 0.2) is 22.8 Å².